The van der Waals surface area contributed by atoms with Crippen molar-refractivity contribution in [2.45, 2.75) is 0 Å². The Morgan fingerprint density at radius 1 is 1.00 bits per heavy atom. The number of aliphatic imine (C=N–C) groups is 1. The Morgan fingerprint density at radius 3 is 2.35 bits per heavy atom. The van der Waals surface area contributed by atoms with Gasteiger partial charge >= 0.3 is 0 Å². The van der Waals surface area contributed by atoms with Crippen molar-refractivity contribution in [3.8, 4) is 10.6 Å². The maximum atomic E-state index is 5.69. The molecule has 0 atom stereocenters. The second-order valence-electron chi connectivity index (χ2n) is 5.26. The Kier molecular flexibility index (Phi) is 4.34. The first-order valence-corrected chi connectivity index (χ1v) is 7.94. The predicted octanol–water partition coefficient (Wildman–Crippen LogP) is 3.60. The van der Waals surface area contributed by atoms with Gasteiger partial charge in [0.2, 0.25) is 5.13 Å². The van der Waals surface area contributed by atoms with Crippen molar-refractivity contribution in [2.24, 2.45) is 4.99 Å². The summed E-state index contributed by atoms with van der Waals surface area (Å²) < 4.78 is 0. The standard InChI is InChI=1S/C17H17N5S/c1-22(2)15-9-3-12(4-10-15)11-19-17-21-20-16(23-17)13-5-7-14(18)8-6-13/h3-11H,18H2,1-2H3/b19-11+. The number of nitrogens with two attached hydrogens (primary N) is 1. The molecule has 23 heavy (non-hydrogen) atoms. The number of rotatable bonds is 4. The molecule has 5 nitrogen and oxygen atoms in total. The second kappa shape index (κ2) is 6.58. The molecule has 0 fully saturated rings. The first-order valence-electron chi connectivity index (χ1n) is 7.13. The highest BCUT2D eigenvalue weighted by molar-refractivity contribution is 7.18. The molecule has 0 amide bonds. The summed E-state index contributed by atoms with van der Waals surface area (Å²) in [5.74, 6) is 0. The van der Waals surface area contributed by atoms with Crippen LogP contribution in [0.25, 0.3) is 10.6 Å². The Hall–Kier alpha value is -2.73. The van der Waals surface area contributed by atoms with Gasteiger partial charge in [0.1, 0.15) is 5.01 Å². The van der Waals surface area contributed by atoms with Crippen molar-refractivity contribution in [1.29, 1.82) is 0 Å². The Morgan fingerprint density at radius 2 is 1.70 bits per heavy atom. The van der Waals surface area contributed by atoms with Gasteiger partial charge in [0.25, 0.3) is 0 Å². The Balaban J connectivity index is 1.74. The molecular formula is C17H17N5S. The van der Waals surface area contributed by atoms with Crippen LogP contribution >= 0.6 is 11.3 Å². The molecule has 0 saturated carbocycles. The molecule has 0 radical (unpaired) electrons. The molecule has 0 saturated heterocycles. The van der Waals surface area contributed by atoms with Crippen LogP contribution in [0.3, 0.4) is 0 Å². The van der Waals surface area contributed by atoms with Crippen LogP contribution in [0.2, 0.25) is 0 Å². The fourth-order valence-corrected chi connectivity index (χ4v) is 2.69. The minimum absolute atomic E-state index is 0.633. The fourth-order valence-electron chi connectivity index (χ4n) is 2.00. The fraction of sp³-hybridized carbons (Fsp3) is 0.118. The van der Waals surface area contributed by atoms with E-state index in [0.717, 1.165) is 27.5 Å². The zero-order valence-electron chi connectivity index (χ0n) is 13.0. The van der Waals surface area contributed by atoms with Crippen LogP contribution < -0.4 is 10.6 Å². The molecule has 0 aliphatic carbocycles. The average molecular weight is 323 g/mol. The van der Waals surface area contributed by atoms with Gasteiger partial charge in [-0.25, -0.2) is 4.99 Å². The van der Waals surface area contributed by atoms with Crippen molar-refractivity contribution >= 4 is 34.1 Å². The number of benzene rings is 2. The van der Waals surface area contributed by atoms with E-state index in [1.807, 2.05) is 50.5 Å². The normalized spacial score (nSPS) is 11.0. The maximum Gasteiger partial charge on any atom is 0.231 e. The van der Waals surface area contributed by atoms with Gasteiger partial charge in [0, 0.05) is 37.2 Å². The monoisotopic (exact) mass is 323 g/mol. The molecule has 116 valence electrons. The lowest BCUT2D eigenvalue weighted by molar-refractivity contribution is 1.09. The average Bonchev–Trinajstić information content (AvgIpc) is 3.03. The van der Waals surface area contributed by atoms with E-state index in [0.29, 0.717) is 5.13 Å². The third kappa shape index (κ3) is 3.73. The summed E-state index contributed by atoms with van der Waals surface area (Å²) in [7, 11) is 4.03. The van der Waals surface area contributed by atoms with Gasteiger partial charge in [-0.1, -0.05) is 23.5 Å². The van der Waals surface area contributed by atoms with Gasteiger partial charge in [-0.15, -0.1) is 10.2 Å². The van der Waals surface area contributed by atoms with E-state index in [2.05, 4.69) is 32.2 Å². The van der Waals surface area contributed by atoms with Gasteiger partial charge < -0.3 is 10.6 Å². The van der Waals surface area contributed by atoms with E-state index in [1.54, 1.807) is 6.21 Å². The third-order valence-electron chi connectivity index (χ3n) is 3.31. The molecule has 2 aromatic carbocycles. The summed E-state index contributed by atoms with van der Waals surface area (Å²) in [4.78, 5) is 6.46. The molecule has 0 unspecified atom stereocenters. The lowest BCUT2D eigenvalue weighted by Gasteiger charge is -2.11. The van der Waals surface area contributed by atoms with E-state index >= 15 is 0 Å². The van der Waals surface area contributed by atoms with Crippen molar-refractivity contribution in [1.82, 2.24) is 10.2 Å². The Labute approximate surface area is 139 Å². The highest BCUT2D eigenvalue weighted by Gasteiger charge is 2.05. The van der Waals surface area contributed by atoms with E-state index in [1.165, 1.54) is 11.3 Å². The summed E-state index contributed by atoms with van der Waals surface area (Å²) in [6.07, 6.45) is 1.80. The smallest absolute Gasteiger partial charge is 0.231 e. The molecule has 1 aromatic heterocycles. The van der Waals surface area contributed by atoms with Crippen LogP contribution in [-0.4, -0.2) is 30.5 Å². The van der Waals surface area contributed by atoms with Crippen LogP contribution in [0.4, 0.5) is 16.5 Å². The number of anilines is 2. The van der Waals surface area contributed by atoms with Gasteiger partial charge in [0.05, 0.1) is 0 Å². The van der Waals surface area contributed by atoms with Crippen molar-refractivity contribution in [2.75, 3.05) is 24.7 Å². The molecule has 3 rings (SSSR count). The van der Waals surface area contributed by atoms with E-state index < -0.39 is 0 Å². The summed E-state index contributed by atoms with van der Waals surface area (Å²) in [5, 5.41) is 9.75. The number of aromatic nitrogens is 2. The highest BCUT2D eigenvalue weighted by Crippen LogP contribution is 2.28. The van der Waals surface area contributed by atoms with Crippen LogP contribution in [0.5, 0.6) is 0 Å². The quantitative estimate of drug-likeness (QED) is 0.588. The highest BCUT2D eigenvalue weighted by atomic mass is 32.1. The topological polar surface area (TPSA) is 67.4 Å². The lowest BCUT2D eigenvalue weighted by Crippen LogP contribution is -2.08. The first kappa shape index (κ1) is 15.2. The van der Waals surface area contributed by atoms with E-state index in [9.17, 15) is 0 Å². The molecule has 0 spiro atoms. The van der Waals surface area contributed by atoms with Crippen molar-refractivity contribution in [3.05, 3.63) is 54.1 Å². The molecule has 0 bridgehead atoms. The molecule has 0 aliphatic heterocycles. The largest absolute Gasteiger partial charge is 0.399 e. The SMILES string of the molecule is CN(C)c1ccc(/C=N/c2nnc(-c3ccc(N)cc3)s2)cc1. The van der Waals surface area contributed by atoms with Crippen LogP contribution in [0.1, 0.15) is 5.56 Å². The summed E-state index contributed by atoms with van der Waals surface area (Å²) >= 11 is 1.45. The Bertz CT molecular complexity index is 804. The maximum absolute atomic E-state index is 5.69. The molecular weight excluding hydrogens is 306 g/mol. The van der Waals surface area contributed by atoms with Gasteiger partial charge in [-0.2, -0.15) is 0 Å². The van der Waals surface area contributed by atoms with Crippen LogP contribution in [-0.2, 0) is 0 Å². The zero-order chi connectivity index (χ0) is 16.2. The van der Waals surface area contributed by atoms with Gasteiger partial charge in [0.15, 0.2) is 0 Å². The van der Waals surface area contributed by atoms with E-state index in [-0.39, 0.29) is 0 Å². The molecule has 0 aliphatic rings. The minimum Gasteiger partial charge on any atom is -0.399 e. The lowest BCUT2D eigenvalue weighted by atomic mass is 10.2. The number of hydrogen-bond donors (Lipinski definition) is 1. The second-order valence-corrected chi connectivity index (χ2v) is 6.21. The molecule has 3 aromatic rings. The van der Waals surface area contributed by atoms with Crippen LogP contribution in [0, 0.1) is 0 Å². The minimum atomic E-state index is 0.633. The molecule has 6 heteroatoms. The van der Waals surface area contributed by atoms with Crippen molar-refractivity contribution < 1.29 is 0 Å². The predicted molar refractivity (Wildman–Crippen MR) is 97.8 cm³/mol. The first-order chi connectivity index (χ1) is 11.1. The van der Waals surface area contributed by atoms with Crippen LogP contribution in [0.15, 0.2) is 53.5 Å². The molecule has 2 N–H and O–H groups in total. The number of hydrogen-bond acceptors (Lipinski definition) is 6. The summed E-state index contributed by atoms with van der Waals surface area (Å²) in [6, 6.07) is 15.7. The van der Waals surface area contributed by atoms with Crippen molar-refractivity contribution in [3.63, 3.8) is 0 Å². The zero-order valence-corrected chi connectivity index (χ0v) is 13.8. The summed E-state index contributed by atoms with van der Waals surface area (Å²) in [5.41, 5.74) is 9.60. The number of nitrogens with zero attached hydrogens (tertiary/aromatic N) is 4. The summed E-state index contributed by atoms with van der Waals surface area (Å²) in [6.45, 7) is 0. The van der Waals surface area contributed by atoms with Gasteiger partial charge in [-0.3, -0.25) is 0 Å². The third-order valence-corrected chi connectivity index (χ3v) is 4.19. The molecule has 1 heterocycles. The van der Waals surface area contributed by atoms with E-state index in [4.69, 9.17) is 5.73 Å². The van der Waals surface area contributed by atoms with Gasteiger partial charge in [-0.05, 0) is 42.0 Å². The number of nitrogen functional groups attached to an aromatic ring is 1.